The van der Waals surface area contributed by atoms with Gasteiger partial charge in [0, 0.05) is 0 Å². The van der Waals surface area contributed by atoms with Gasteiger partial charge in [-0.3, -0.25) is 0 Å². The molecular weight excluding hydrogens is 188 g/mol. The van der Waals surface area contributed by atoms with Crippen molar-refractivity contribution in [1.82, 2.24) is 0 Å². The average Bonchev–Trinajstić information content (AvgIpc) is 2.21. The number of unbranched alkanes of at least 4 members (excludes halogenated alkanes) is 5. The Morgan fingerprint density at radius 3 is 1.73 bits per heavy atom. The second-order valence-corrected chi connectivity index (χ2v) is 4.61. The second-order valence-electron chi connectivity index (χ2n) is 4.61. The van der Waals surface area contributed by atoms with Gasteiger partial charge in [-0.1, -0.05) is 45.4 Å². The number of aliphatic hydroxyl groups excluding tert-OH is 2. The summed E-state index contributed by atoms with van der Waals surface area (Å²) in [4.78, 5) is 0. The van der Waals surface area contributed by atoms with Crippen LogP contribution in [0.15, 0.2) is 0 Å². The normalized spacial score (nSPS) is 15.2. The molecular formula is C13H28O2. The Balaban J connectivity index is 2.99. The first-order valence-corrected chi connectivity index (χ1v) is 6.53. The summed E-state index contributed by atoms with van der Waals surface area (Å²) in [7, 11) is 0. The van der Waals surface area contributed by atoms with E-state index in [1.165, 1.54) is 25.7 Å². The van der Waals surface area contributed by atoms with Crippen LogP contribution in [0.2, 0.25) is 0 Å². The van der Waals surface area contributed by atoms with Gasteiger partial charge in [-0.15, -0.1) is 0 Å². The van der Waals surface area contributed by atoms with Gasteiger partial charge in [0.05, 0.1) is 12.2 Å². The Bertz CT molecular complexity index is 124. The third kappa shape index (κ3) is 11.8. The van der Waals surface area contributed by atoms with Crippen molar-refractivity contribution in [2.24, 2.45) is 0 Å². The van der Waals surface area contributed by atoms with Gasteiger partial charge >= 0.3 is 0 Å². The maximum absolute atomic E-state index is 9.33. The molecule has 2 atom stereocenters. The zero-order valence-electron chi connectivity index (χ0n) is 10.4. The standard InChI is InChI=1S/C13H28O2/c1-3-13(15)11-9-7-5-4-6-8-10-12(2)14/h12-15H,3-11H2,1-2H3. The van der Waals surface area contributed by atoms with Gasteiger partial charge in [-0.05, 0) is 26.2 Å². The molecule has 2 N–H and O–H groups in total. The molecule has 0 aliphatic carbocycles. The maximum atomic E-state index is 9.33. The molecule has 0 aromatic carbocycles. The van der Waals surface area contributed by atoms with Crippen LogP contribution < -0.4 is 0 Å². The van der Waals surface area contributed by atoms with Crippen LogP contribution >= 0.6 is 0 Å². The molecule has 2 nitrogen and oxygen atoms in total. The highest BCUT2D eigenvalue weighted by atomic mass is 16.3. The number of rotatable bonds is 10. The van der Waals surface area contributed by atoms with E-state index in [9.17, 15) is 5.11 Å². The van der Waals surface area contributed by atoms with Crippen molar-refractivity contribution in [1.29, 1.82) is 0 Å². The molecule has 15 heavy (non-hydrogen) atoms. The Hall–Kier alpha value is -0.0800. The van der Waals surface area contributed by atoms with Crippen LogP contribution in [-0.2, 0) is 0 Å². The summed E-state index contributed by atoms with van der Waals surface area (Å²) >= 11 is 0. The molecule has 2 unspecified atom stereocenters. The van der Waals surface area contributed by atoms with E-state index in [0.29, 0.717) is 0 Å². The predicted molar refractivity (Wildman–Crippen MR) is 64.9 cm³/mol. The lowest BCUT2D eigenvalue weighted by Gasteiger charge is -2.07. The topological polar surface area (TPSA) is 40.5 Å². The third-order valence-corrected chi connectivity index (χ3v) is 2.88. The molecule has 92 valence electrons. The fraction of sp³-hybridized carbons (Fsp3) is 1.00. The van der Waals surface area contributed by atoms with Crippen molar-refractivity contribution < 1.29 is 10.2 Å². The van der Waals surface area contributed by atoms with Gasteiger partial charge < -0.3 is 10.2 Å². The Labute approximate surface area is 94.7 Å². The molecule has 2 heteroatoms. The first-order valence-electron chi connectivity index (χ1n) is 6.53. The zero-order valence-corrected chi connectivity index (χ0v) is 10.4. The number of hydrogen-bond donors (Lipinski definition) is 2. The second kappa shape index (κ2) is 10.4. The van der Waals surface area contributed by atoms with Crippen LogP contribution in [0.3, 0.4) is 0 Å². The monoisotopic (exact) mass is 216 g/mol. The third-order valence-electron chi connectivity index (χ3n) is 2.88. The summed E-state index contributed by atoms with van der Waals surface area (Å²) in [6, 6.07) is 0. The van der Waals surface area contributed by atoms with Crippen molar-refractivity contribution in [3.05, 3.63) is 0 Å². The van der Waals surface area contributed by atoms with Gasteiger partial charge in [0.25, 0.3) is 0 Å². The minimum atomic E-state index is -0.135. The summed E-state index contributed by atoms with van der Waals surface area (Å²) in [5, 5.41) is 18.4. The Morgan fingerprint density at radius 2 is 1.27 bits per heavy atom. The first kappa shape index (κ1) is 14.9. The SMILES string of the molecule is CCC(O)CCCCCCCCC(C)O. The molecule has 0 aliphatic heterocycles. The van der Waals surface area contributed by atoms with Crippen molar-refractivity contribution in [2.45, 2.75) is 83.8 Å². The lowest BCUT2D eigenvalue weighted by Crippen LogP contribution is -2.03. The molecule has 0 aromatic heterocycles. The largest absolute Gasteiger partial charge is 0.393 e. The smallest absolute Gasteiger partial charge is 0.0537 e. The van der Waals surface area contributed by atoms with Crippen molar-refractivity contribution in [3.63, 3.8) is 0 Å². The van der Waals surface area contributed by atoms with Crippen molar-refractivity contribution in [3.8, 4) is 0 Å². The van der Waals surface area contributed by atoms with E-state index in [2.05, 4.69) is 0 Å². The fourth-order valence-electron chi connectivity index (χ4n) is 1.73. The minimum absolute atomic E-state index is 0.0831. The van der Waals surface area contributed by atoms with Gasteiger partial charge in [0.15, 0.2) is 0 Å². The molecule has 0 heterocycles. The van der Waals surface area contributed by atoms with Crippen LogP contribution in [0.25, 0.3) is 0 Å². The molecule has 0 radical (unpaired) electrons. The fourth-order valence-corrected chi connectivity index (χ4v) is 1.73. The van der Waals surface area contributed by atoms with Gasteiger partial charge in [0.1, 0.15) is 0 Å². The molecule has 0 spiro atoms. The van der Waals surface area contributed by atoms with E-state index in [1.807, 2.05) is 13.8 Å². The summed E-state index contributed by atoms with van der Waals surface area (Å²) < 4.78 is 0. The predicted octanol–water partition coefficient (Wildman–Crippen LogP) is 3.26. The van der Waals surface area contributed by atoms with Crippen LogP contribution in [0.5, 0.6) is 0 Å². The Morgan fingerprint density at radius 1 is 0.800 bits per heavy atom. The number of aliphatic hydroxyl groups is 2. The molecule has 0 saturated carbocycles. The quantitative estimate of drug-likeness (QED) is 0.550. The van der Waals surface area contributed by atoms with Crippen molar-refractivity contribution >= 4 is 0 Å². The van der Waals surface area contributed by atoms with E-state index in [4.69, 9.17) is 5.11 Å². The van der Waals surface area contributed by atoms with E-state index < -0.39 is 0 Å². The van der Waals surface area contributed by atoms with E-state index in [0.717, 1.165) is 32.1 Å². The maximum Gasteiger partial charge on any atom is 0.0537 e. The average molecular weight is 216 g/mol. The molecule has 0 saturated heterocycles. The minimum Gasteiger partial charge on any atom is -0.393 e. The summed E-state index contributed by atoms with van der Waals surface area (Å²) in [6.07, 6.45) is 9.90. The highest BCUT2D eigenvalue weighted by Crippen LogP contribution is 2.11. The van der Waals surface area contributed by atoms with Gasteiger partial charge in [-0.2, -0.15) is 0 Å². The molecule has 0 bridgehead atoms. The summed E-state index contributed by atoms with van der Waals surface area (Å²) in [5.41, 5.74) is 0. The highest BCUT2D eigenvalue weighted by Gasteiger charge is 2.00. The molecule has 0 rings (SSSR count). The van der Waals surface area contributed by atoms with Gasteiger partial charge in [-0.25, -0.2) is 0 Å². The lowest BCUT2D eigenvalue weighted by atomic mass is 10.0. The highest BCUT2D eigenvalue weighted by molar-refractivity contribution is 4.54. The molecule has 0 amide bonds. The molecule has 0 fully saturated rings. The van der Waals surface area contributed by atoms with Crippen LogP contribution in [0.1, 0.15) is 71.6 Å². The van der Waals surface area contributed by atoms with Crippen LogP contribution in [-0.4, -0.2) is 22.4 Å². The molecule has 0 aliphatic rings. The summed E-state index contributed by atoms with van der Waals surface area (Å²) in [6.45, 7) is 3.88. The van der Waals surface area contributed by atoms with Crippen LogP contribution in [0, 0.1) is 0 Å². The van der Waals surface area contributed by atoms with E-state index in [-0.39, 0.29) is 12.2 Å². The lowest BCUT2D eigenvalue weighted by molar-refractivity contribution is 0.156. The molecule has 0 aromatic rings. The summed E-state index contributed by atoms with van der Waals surface area (Å²) in [5.74, 6) is 0. The van der Waals surface area contributed by atoms with E-state index >= 15 is 0 Å². The number of hydrogen-bond acceptors (Lipinski definition) is 2. The Kier molecular flexibility index (Phi) is 10.4. The first-order chi connectivity index (χ1) is 7.16. The van der Waals surface area contributed by atoms with Gasteiger partial charge in [0.2, 0.25) is 0 Å². The van der Waals surface area contributed by atoms with E-state index in [1.54, 1.807) is 0 Å². The van der Waals surface area contributed by atoms with Crippen LogP contribution in [0.4, 0.5) is 0 Å². The van der Waals surface area contributed by atoms with Crippen molar-refractivity contribution in [2.75, 3.05) is 0 Å². The zero-order chi connectivity index (χ0) is 11.5.